The molecule has 17 heterocycles. The number of hydrogen-bond acceptors (Lipinski definition) is 23. The molecule has 0 amide bonds. The molecule has 0 saturated carbocycles. The number of hydrogen-bond donors (Lipinski definition) is 0. The van der Waals surface area contributed by atoms with Crippen LogP contribution in [0.2, 0.25) is 0 Å². The van der Waals surface area contributed by atoms with Gasteiger partial charge in [0.2, 0.25) is 0 Å². The standard InChI is InChI=1S/C29H29N5O2.C24H23FN4O2.C23H24FN5O2.C23H25N5O2/c1-19-15-34-18-26(31-28(34)20(2)30-19)25-13-22-9-10-23(14-27(22)36-29(25)35)32(3)24-11-12-33(17-24)16-21-7-5-4-6-8-21;1-14-7-20(25)23-26-21(13-29(23)10-14)19-8-15-3-4-16(9-22(15)31-24(19)30)28-11-17-5-6-18(12-28)27(17)2;1-14-12-29-13-20(26-22(29)15(2)25-14)18-11-17-19(24)9-16(10-21(17)31-23(18)30)28-6-4-5-27(3)7-8-28;1-14-11-28-13-20(25-22(28)15(2)24-14)19-9-16-5-6-17(10-21(16)30-23(19)29)27(4)18-7-8-26(3)12-18/h4-10,13-15,18,24H,11-12,16-17H2,1-3H3;3-4,7-10,13,17-18H,5-6,11-12H2,1-2H3;9-13H,4-8H2,1-3H3;5-6,9-11,13,18H,7-8,12H2,1-4H3. The molecule has 128 heavy (non-hydrogen) atoms. The average molecular weight is 1720 g/mol. The van der Waals surface area contributed by atoms with Crippen LogP contribution in [0.15, 0.2) is 214 Å². The van der Waals surface area contributed by atoms with E-state index in [1.54, 1.807) is 35.1 Å². The highest BCUT2D eigenvalue weighted by molar-refractivity contribution is 5.88. The molecule has 0 N–H and O–H groups in total. The van der Waals surface area contributed by atoms with E-state index in [0.29, 0.717) is 86.0 Å². The summed E-state index contributed by atoms with van der Waals surface area (Å²) in [5.74, 6) is -0.824. The molecule has 17 aromatic rings. The van der Waals surface area contributed by atoms with Crippen molar-refractivity contribution in [3.05, 3.63) is 276 Å². The third kappa shape index (κ3) is 16.9. The number of halogens is 2. The van der Waals surface area contributed by atoms with Crippen LogP contribution in [-0.4, -0.2) is 197 Å². The van der Waals surface area contributed by atoms with E-state index in [4.69, 9.17) is 17.7 Å². The summed E-state index contributed by atoms with van der Waals surface area (Å²) >= 11 is 0. The molecule has 5 aromatic carbocycles. The smallest absolute Gasteiger partial charge is 0.345 e. The molecule has 4 atom stereocenters. The topological polar surface area (TPSA) is 255 Å². The molecule has 2 bridgehead atoms. The van der Waals surface area contributed by atoms with Gasteiger partial charge in [0.15, 0.2) is 28.4 Å². The fourth-order valence-electron chi connectivity index (χ4n) is 19.0. The molecule has 5 saturated heterocycles. The molecular weight excluding hydrogens is 1620 g/mol. The number of pyridine rings is 1. The zero-order valence-electron chi connectivity index (χ0n) is 73.9. The molecule has 29 heteroatoms. The summed E-state index contributed by atoms with van der Waals surface area (Å²) < 4.78 is 59.3. The first-order chi connectivity index (χ1) is 61.7. The van der Waals surface area contributed by atoms with Gasteiger partial charge in [0, 0.05) is 210 Å². The second kappa shape index (κ2) is 34.3. The SMILES string of the molecule is Cc1cc(F)c2nc(-c3cc4ccc(N5CC6CCC(C5)N6C)cc4oc3=O)cn2c1.Cc1cn2cc(-c3cc4c(F)cc(N5CCCN(C)CC5)cc4oc3=O)nc2c(C)n1.Cc1cn2cc(-c3cc4ccc(N(C)C5CCN(C)C5)cc4oc3=O)nc2c(C)n1.Cc1cn2cc(-c3cc4ccc(N(C)C5CCN(Cc6ccccc6)C5)cc4oc3=O)nc2c(C)n1. The van der Waals surface area contributed by atoms with Gasteiger partial charge in [-0.2, -0.15) is 0 Å². The van der Waals surface area contributed by atoms with Gasteiger partial charge in [0.25, 0.3) is 0 Å². The van der Waals surface area contributed by atoms with Crippen LogP contribution in [0.5, 0.6) is 0 Å². The van der Waals surface area contributed by atoms with Crippen molar-refractivity contribution in [2.75, 3.05) is 120 Å². The van der Waals surface area contributed by atoms with Gasteiger partial charge >= 0.3 is 22.5 Å². The first-order valence-corrected chi connectivity index (χ1v) is 43.7. The van der Waals surface area contributed by atoms with E-state index in [2.05, 4.69) is 158 Å². The Morgan fingerprint density at radius 2 is 0.852 bits per heavy atom. The number of likely N-dealkylation sites (tertiary alicyclic amines) is 2. The summed E-state index contributed by atoms with van der Waals surface area (Å²) in [4.78, 5) is 101. The van der Waals surface area contributed by atoms with Gasteiger partial charge in [-0.1, -0.05) is 30.3 Å². The van der Waals surface area contributed by atoms with Crippen molar-refractivity contribution >= 4 is 89.2 Å². The number of nitrogens with zero attached hydrogens (tertiary/aromatic N) is 19. The lowest BCUT2D eigenvalue weighted by Crippen LogP contribution is -2.52. The normalized spacial score (nSPS) is 17.6. The number of likely N-dealkylation sites (N-methyl/N-ethyl adjacent to an activating group) is 5. The number of imidazole rings is 4. The quantitative estimate of drug-likeness (QED) is 0.103. The zero-order valence-corrected chi connectivity index (χ0v) is 73.9. The molecule has 4 unspecified atom stereocenters. The largest absolute Gasteiger partial charge is 0.422 e. The number of aryl methyl sites for hydroxylation is 7. The Balaban J connectivity index is 0.000000111. The molecule has 0 radical (unpaired) electrons. The van der Waals surface area contributed by atoms with Crippen LogP contribution in [0.1, 0.15) is 77.4 Å². The second-order valence-electron chi connectivity index (χ2n) is 35.2. The number of rotatable bonds is 12. The van der Waals surface area contributed by atoms with E-state index in [9.17, 15) is 23.6 Å². The Morgan fingerprint density at radius 1 is 0.391 bits per heavy atom. The lowest BCUT2D eigenvalue weighted by Gasteiger charge is -2.40. The first-order valence-electron chi connectivity index (χ1n) is 43.7. The van der Waals surface area contributed by atoms with Crippen molar-refractivity contribution in [3.8, 4) is 45.0 Å². The van der Waals surface area contributed by atoms with E-state index in [1.807, 2.05) is 141 Å². The van der Waals surface area contributed by atoms with Gasteiger partial charge in [-0.05, 0) is 199 Å². The maximum Gasteiger partial charge on any atom is 0.345 e. The van der Waals surface area contributed by atoms with Crippen molar-refractivity contribution in [1.29, 1.82) is 0 Å². The number of fused-ring (bicyclic) bond motifs is 10. The summed E-state index contributed by atoms with van der Waals surface area (Å²) in [5, 5.41) is 2.85. The van der Waals surface area contributed by atoms with Gasteiger partial charge in [-0.25, -0.2) is 47.9 Å². The minimum Gasteiger partial charge on any atom is -0.422 e. The van der Waals surface area contributed by atoms with E-state index in [0.717, 1.165) is 181 Å². The second-order valence-corrected chi connectivity index (χ2v) is 35.2. The lowest BCUT2D eigenvalue weighted by molar-refractivity contribution is 0.212. The van der Waals surface area contributed by atoms with Gasteiger partial charge in [-0.3, -0.25) is 24.8 Å². The van der Waals surface area contributed by atoms with Crippen molar-refractivity contribution < 1.29 is 26.4 Å². The molecule has 22 rings (SSSR count). The van der Waals surface area contributed by atoms with Crippen molar-refractivity contribution in [2.45, 2.75) is 111 Å². The highest BCUT2D eigenvalue weighted by Crippen LogP contribution is 2.37. The molecule has 5 fully saturated rings. The minimum atomic E-state index is -0.537. The molecule has 27 nitrogen and oxygen atoms in total. The van der Waals surface area contributed by atoms with Gasteiger partial charge < -0.3 is 64.7 Å². The maximum absolute atomic E-state index is 15.1. The summed E-state index contributed by atoms with van der Waals surface area (Å²) in [6.07, 6.45) is 20.3. The molecule has 654 valence electrons. The predicted molar refractivity (Wildman–Crippen MR) is 497 cm³/mol. The summed E-state index contributed by atoms with van der Waals surface area (Å²) in [5.41, 5.74) is 17.2. The van der Waals surface area contributed by atoms with E-state index < -0.39 is 22.9 Å². The fraction of sp³-hybridized carbons (Fsp3) is 0.323. The van der Waals surface area contributed by atoms with Crippen molar-refractivity contribution in [3.63, 3.8) is 0 Å². The van der Waals surface area contributed by atoms with E-state index >= 15 is 4.39 Å². The Labute approximate surface area is 736 Å². The number of anilines is 4. The molecular formula is C99H101F2N19O8. The third-order valence-corrected chi connectivity index (χ3v) is 25.9. The molecule has 0 aliphatic carbocycles. The summed E-state index contributed by atoms with van der Waals surface area (Å²) in [6.45, 7) is 24.0. The Bertz CT molecular complexity index is 7430. The number of aromatic nitrogens is 11. The monoisotopic (exact) mass is 1720 g/mol. The third-order valence-electron chi connectivity index (χ3n) is 25.9. The molecule has 0 spiro atoms. The van der Waals surface area contributed by atoms with Gasteiger partial charge in [0.1, 0.15) is 28.1 Å². The average Bonchev–Trinajstić information content (AvgIpc) is 1.37. The lowest BCUT2D eigenvalue weighted by atomic mass is 10.1. The summed E-state index contributed by atoms with van der Waals surface area (Å²) in [7, 11) is 10.7. The summed E-state index contributed by atoms with van der Waals surface area (Å²) in [6, 6.07) is 42.6. The van der Waals surface area contributed by atoms with Crippen LogP contribution in [0.4, 0.5) is 31.5 Å². The van der Waals surface area contributed by atoms with E-state index in [1.165, 1.54) is 36.6 Å². The van der Waals surface area contributed by atoms with Crippen LogP contribution in [0, 0.1) is 60.1 Å². The number of benzene rings is 5. The maximum atomic E-state index is 15.1. The Kier molecular flexibility index (Phi) is 22.5. The highest BCUT2D eigenvalue weighted by Gasteiger charge is 2.38. The molecule has 12 aromatic heterocycles. The van der Waals surface area contributed by atoms with Crippen molar-refractivity contribution in [1.82, 2.24) is 72.1 Å². The molecule has 5 aliphatic heterocycles. The van der Waals surface area contributed by atoms with Crippen LogP contribution in [-0.2, 0) is 6.54 Å². The minimum absolute atomic E-state index is 0.195. The van der Waals surface area contributed by atoms with Crippen LogP contribution in [0.3, 0.4) is 0 Å². The van der Waals surface area contributed by atoms with Gasteiger partial charge in [0.05, 0.1) is 84.6 Å². The van der Waals surface area contributed by atoms with Crippen LogP contribution in [0.25, 0.3) is 111 Å². The van der Waals surface area contributed by atoms with Crippen LogP contribution >= 0.6 is 0 Å². The fourth-order valence-corrected chi connectivity index (χ4v) is 19.0. The Morgan fingerprint density at radius 3 is 1.37 bits per heavy atom. The highest BCUT2D eigenvalue weighted by atomic mass is 19.1. The zero-order chi connectivity index (χ0) is 88.8. The molecule has 5 aliphatic rings. The van der Waals surface area contributed by atoms with E-state index in [-0.39, 0.29) is 33.4 Å². The van der Waals surface area contributed by atoms with Crippen LogP contribution < -0.4 is 42.1 Å². The number of piperazine rings is 1. The van der Waals surface area contributed by atoms with Gasteiger partial charge in [-0.15, -0.1) is 0 Å². The Hall–Kier alpha value is -13.6. The first kappa shape index (κ1) is 83.9. The van der Waals surface area contributed by atoms with Crippen molar-refractivity contribution in [2.24, 2.45) is 0 Å². The predicted octanol–water partition coefficient (Wildman–Crippen LogP) is 15.3.